The smallest absolute Gasteiger partial charge is 0.263 e. The molecular formula is C18H21N5O. The highest BCUT2D eigenvalue weighted by Crippen LogP contribution is 2.23. The van der Waals surface area contributed by atoms with Crippen molar-refractivity contribution in [1.29, 1.82) is 0 Å². The topological polar surface area (TPSA) is 66.8 Å². The average Bonchev–Trinajstić information content (AvgIpc) is 3.24. The summed E-state index contributed by atoms with van der Waals surface area (Å²) < 4.78 is 1.77. The number of para-hydroxylation sites is 1. The van der Waals surface area contributed by atoms with Gasteiger partial charge in [0.1, 0.15) is 5.39 Å². The quantitative estimate of drug-likeness (QED) is 0.805. The number of aromatic amines is 1. The van der Waals surface area contributed by atoms with Gasteiger partial charge in [0.05, 0.1) is 5.69 Å². The molecule has 0 bridgehead atoms. The SMILES string of the molecule is CC(C)c1ccccc1-n1cc2c(=O)[nH]c(N3CCCC3)nc2n1. The fourth-order valence-electron chi connectivity index (χ4n) is 3.29. The van der Waals surface area contributed by atoms with Crippen LogP contribution in [0.3, 0.4) is 0 Å². The van der Waals surface area contributed by atoms with Gasteiger partial charge in [0.2, 0.25) is 5.95 Å². The van der Waals surface area contributed by atoms with Gasteiger partial charge in [-0.1, -0.05) is 32.0 Å². The highest BCUT2D eigenvalue weighted by molar-refractivity contribution is 5.74. The van der Waals surface area contributed by atoms with Gasteiger partial charge < -0.3 is 4.90 Å². The Balaban J connectivity index is 1.84. The van der Waals surface area contributed by atoms with Crippen LogP contribution in [0.4, 0.5) is 5.95 Å². The molecular weight excluding hydrogens is 302 g/mol. The van der Waals surface area contributed by atoms with Crippen molar-refractivity contribution in [2.45, 2.75) is 32.6 Å². The summed E-state index contributed by atoms with van der Waals surface area (Å²) in [6, 6.07) is 8.13. The minimum absolute atomic E-state index is 0.129. The minimum atomic E-state index is -0.129. The third-order valence-corrected chi connectivity index (χ3v) is 4.59. The van der Waals surface area contributed by atoms with Crippen LogP contribution in [-0.2, 0) is 0 Å². The standard InChI is InChI=1S/C18H21N5O/c1-12(2)13-7-3-4-8-15(13)23-11-14-16(21-23)19-18(20-17(14)24)22-9-5-6-10-22/h3-4,7-8,11-12H,5-6,9-10H2,1-2H3,(H,19,20,21,24). The Morgan fingerprint density at radius 2 is 1.92 bits per heavy atom. The van der Waals surface area contributed by atoms with Crippen molar-refractivity contribution in [3.05, 3.63) is 46.4 Å². The maximum atomic E-state index is 12.4. The van der Waals surface area contributed by atoms with E-state index in [9.17, 15) is 4.79 Å². The number of H-pyrrole nitrogens is 1. The number of nitrogens with zero attached hydrogens (tertiary/aromatic N) is 4. The molecule has 1 saturated heterocycles. The second-order valence-electron chi connectivity index (χ2n) is 6.61. The molecule has 0 aliphatic carbocycles. The van der Waals surface area contributed by atoms with Crippen molar-refractivity contribution < 1.29 is 0 Å². The van der Waals surface area contributed by atoms with Gasteiger partial charge in [-0.3, -0.25) is 9.78 Å². The fourth-order valence-corrected chi connectivity index (χ4v) is 3.29. The van der Waals surface area contributed by atoms with E-state index >= 15 is 0 Å². The van der Waals surface area contributed by atoms with Crippen LogP contribution in [0.25, 0.3) is 16.7 Å². The summed E-state index contributed by atoms with van der Waals surface area (Å²) in [5, 5.41) is 5.10. The molecule has 0 saturated carbocycles. The molecule has 3 aromatic rings. The maximum absolute atomic E-state index is 12.4. The summed E-state index contributed by atoms with van der Waals surface area (Å²) >= 11 is 0. The van der Waals surface area contributed by atoms with Crippen LogP contribution < -0.4 is 10.5 Å². The predicted molar refractivity (Wildman–Crippen MR) is 95.0 cm³/mol. The van der Waals surface area contributed by atoms with Crippen LogP contribution in [0.1, 0.15) is 38.2 Å². The van der Waals surface area contributed by atoms with Crippen molar-refractivity contribution in [3.8, 4) is 5.69 Å². The number of hydrogen-bond donors (Lipinski definition) is 1. The average molecular weight is 323 g/mol. The first kappa shape index (κ1) is 14.9. The number of rotatable bonds is 3. The molecule has 4 rings (SSSR count). The Labute approximate surface area is 140 Å². The molecule has 124 valence electrons. The van der Waals surface area contributed by atoms with E-state index in [-0.39, 0.29) is 5.56 Å². The summed E-state index contributed by atoms with van der Waals surface area (Å²) in [5.74, 6) is 1.01. The number of nitrogens with one attached hydrogen (secondary N) is 1. The number of benzene rings is 1. The number of anilines is 1. The first-order valence-electron chi connectivity index (χ1n) is 8.47. The van der Waals surface area contributed by atoms with Crippen LogP contribution >= 0.6 is 0 Å². The highest BCUT2D eigenvalue weighted by Gasteiger charge is 2.18. The van der Waals surface area contributed by atoms with Crippen molar-refractivity contribution in [2.24, 2.45) is 0 Å². The third kappa shape index (κ3) is 2.48. The lowest BCUT2D eigenvalue weighted by Crippen LogP contribution is -2.23. The zero-order valence-electron chi connectivity index (χ0n) is 14.0. The van der Waals surface area contributed by atoms with Gasteiger partial charge in [0.15, 0.2) is 5.65 Å². The number of hydrogen-bond acceptors (Lipinski definition) is 4. The van der Waals surface area contributed by atoms with Gasteiger partial charge >= 0.3 is 0 Å². The summed E-state index contributed by atoms with van der Waals surface area (Å²) in [6.45, 7) is 6.17. The van der Waals surface area contributed by atoms with Crippen molar-refractivity contribution in [3.63, 3.8) is 0 Å². The fraction of sp³-hybridized carbons (Fsp3) is 0.389. The predicted octanol–water partition coefficient (Wildman–Crippen LogP) is 2.83. The normalized spacial score (nSPS) is 14.9. The Morgan fingerprint density at radius 3 is 2.67 bits per heavy atom. The van der Waals surface area contributed by atoms with E-state index in [0.717, 1.165) is 31.6 Å². The maximum Gasteiger partial charge on any atom is 0.263 e. The second-order valence-corrected chi connectivity index (χ2v) is 6.61. The van der Waals surface area contributed by atoms with Gasteiger partial charge in [-0.15, -0.1) is 5.10 Å². The number of fused-ring (bicyclic) bond motifs is 1. The lowest BCUT2D eigenvalue weighted by molar-refractivity contribution is 0.811. The second kappa shape index (κ2) is 5.78. The van der Waals surface area contributed by atoms with E-state index in [1.807, 2.05) is 18.2 Å². The molecule has 1 fully saturated rings. The van der Waals surface area contributed by atoms with Crippen LogP contribution in [0.5, 0.6) is 0 Å². The first-order chi connectivity index (χ1) is 11.6. The molecule has 1 N–H and O–H groups in total. The molecule has 6 heteroatoms. The molecule has 2 aromatic heterocycles. The molecule has 1 aliphatic rings. The van der Waals surface area contributed by atoms with Crippen LogP contribution in [-0.4, -0.2) is 32.8 Å². The molecule has 0 atom stereocenters. The monoisotopic (exact) mass is 323 g/mol. The summed E-state index contributed by atoms with van der Waals surface area (Å²) in [5.41, 5.74) is 2.56. The summed E-state index contributed by atoms with van der Waals surface area (Å²) in [4.78, 5) is 22.0. The Kier molecular flexibility index (Phi) is 3.59. The molecule has 24 heavy (non-hydrogen) atoms. The van der Waals surface area contributed by atoms with Crippen molar-refractivity contribution in [2.75, 3.05) is 18.0 Å². The zero-order chi connectivity index (χ0) is 16.7. The molecule has 0 amide bonds. The lowest BCUT2D eigenvalue weighted by atomic mass is 10.0. The van der Waals surface area contributed by atoms with E-state index in [1.165, 1.54) is 5.56 Å². The largest absolute Gasteiger partial charge is 0.342 e. The highest BCUT2D eigenvalue weighted by atomic mass is 16.1. The molecule has 0 unspecified atom stereocenters. The van der Waals surface area contributed by atoms with Gasteiger partial charge in [0, 0.05) is 19.3 Å². The molecule has 0 radical (unpaired) electrons. The van der Waals surface area contributed by atoms with E-state index < -0.39 is 0 Å². The molecule has 0 spiro atoms. The van der Waals surface area contributed by atoms with E-state index in [2.05, 4.69) is 39.9 Å². The Hall–Kier alpha value is -2.63. The van der Waals surface area contributed by atoms with Crippen LogP contribution in [0.15, 0.2) is 35.3 Å². The minimum Gasteiger partial charge on any atom is -0.342 e. The Bertz CT molecular complexity index is 934. The van der Waals surface area contributed by atoms with E-state index in [4.69, 9.17) is 0 Å². The molecule has 1 aromatic carbocycles. The van der Waals surface area contributed by atoms with Gasteiger partial charge in [-0.2, -0.15) is 4.98 Å². The Morgan fingerprint density at radius 1 is 1.17 bits per heavy atom. The van der Waals surface area contributed by atoms with Gasteiger partial charge in [-0.05, 0) is 30.4 Å². The molecule has 6 nitrogen and oxygen atoms in total. The van der Waals surface area contributed by atoms with Crippen molar-refractivity contribution in [1.82, 2.24) is 19.7 Å². The van der Waals surface area contributed by atoms with Crippen LogP contribution in [0, 0.1) is 0 Å². The molecule has 3 heterocycles. The summed E-state index contributed by atoms with van der Waals surface area (Å²) in [6.07, 6.45) is 4.05. The van der Waals surface area contributed by atoms with Gasteiger partial charge in [-0.25, -0.2) is 4.68 Å². The van der Waals surface area contributed by atoms with E-state index in [1.54, 1.807) is 10.9 Å². The van der Waals surface area contributed by atoms with Gasteiger partial charge in [0.25, 0.3) is 5.56 Å². The number of aromatic nitrogens is 4. The van der Waals surface area contributed by atoms with Crippen molar-refractivity contribution >= 4 is 17.0 Å². The van der Waals surface area contributed by atoms with Crippen LogP contribution in [0.2, 0.25) is 0 Å². The lowest BCUT2D eigenvalue weighted by Gasteiger charge is -2.14. The van der Waals surface area contributed by atoms with E-state index in [0.29, 0.717) is 22.9 Å². The first-order valence-corrected chi connectivity index (χ1v) is 8.47. The zero-order valence-corrected chi connectivity index (χ0v) is 14.0. The third-order valence-electron chi connectivity index (χ3n) is 4.59. The molecule has 1 aliphatic heterocycles. The summed E-state index contributed by atoms with van der Waals surface area (Å²) in [7, 11) is 0.